The quantitative estimate of drug-likeness (QED) is 0.0179. The standard InChI is InChI=1S/C68H69F3N8O17S3/c1-37(61(83)75-56-45-6-4-5-44-47-33-78-53(57(47)73-52(55(44)45)32-49(56)69)31-46(38(2)81)48(66(78)87)34-95-36-80)72-62(84)63(97-3)74-54(82)35-94-26-25-92-23-24-93-27-28-96-58-50(70)29-41(30-51(58)71)79-67(88)59(98-42-11-7-39(8-12-42)64(85)76-15-19-90-20-16-76)60(68(79)89)99-43-13-9-40(10-14-43)65(86)77-17-21-91-22-18-77/h7-14,29-32,36-38,63,81H,4-6,15-28,33-35H2,1-3H3,(H,72,84)(H,74,82)(H,75,83). The smallest absolute Gasteiger partial charge is 0.293 e. The average Bonchev–Trinajstić information content (AvgIpc) is 1.64. The van der Waals surface area contributed by atoms with Crippen LogP contribution in [0.1, 0.15) is 74.9 Å². The molecule has 7 amide bonds. The van der Waals surface area contributed by atoms with Crippen molar-refractivity contribution in [2.75, 3.05) is 115 Å². The second-order valence-corrected chi connectivity index (χ2v) is 26.4. The number of hydrogen-bond acceptors (Lipinski definition) is 21. The number of amides is 7. The van der Waals surface area contributed by atoms with Crippen molar-refractivity contribution in [3.8, 4) is 17.1 Å². The van der Waals surface area contributed by atoms with Crippen molar-refractivity contribution >= 4 is 105 Å². The normalized spacial score (nSPS) is 15.9. The number of aromatic nitrogens is 2. The number of imide groups is 1. The Kier molecular flexibility index (Phi) is 23.6. The zero-order valence-corrected chi connectivity index (χ0v) is 56.4. The molecule has 0 bridgehead atoms. The number of nitrogens with zero attached hydrogens (tertiary/aromatic N) is 5. The molecular formula is C68H69F3N8O17S3. The lowest BCUT2D eigenvalue weighted by Crippen LogP contribution is -2.51. The number of aliphatic hydroxyl groups excluding tert-OH is 1. The van der Waals surface area contributed by atoms with Gasteiger partial charge in [-0.1, -0.05) is 23.5 Å². The van der Waals surface area contributed by atoms with Gasteiger partial charge in [0.15, 0.2) is 22.8 Å². The molecule has 3 unspecified atom stereocenters. The number of anilines is 2. The Balaban J connectivity index is 0.611. The highest BCUT2D eigenvalue weighted by molar-refractivity contribution is 8.08. The molecule has 1 aliphatic carbocycles. The highest BCUT2D eigenvalue weighted by Crippen LogP contribution is 2.46. The van der Waals surface area contributed by atoms with Crippen LogP contribution in [0, 0.1) is 17.5 Å². The number of pyridine rings is 2. The van der Waals surface area contributed by atoms with Crippen LogP contribution in [0.5, 0.6) is 5.75 Å². The molecule has 2 saturated heterocycles. The number of carbonyl (C=O) groups is 8. The summed E-state index contributed by atoms with van der Waals surface area (Å²) >= 11 is 2.88. The Labute approximate surface area is 577 Å². The van der Waals surface area contributed by atoms with E-state index in [1.54, 1.807) is 70.7 Å². The van der Waals surface area contributed by atoms with Gasteiger partial charge in [-0.2, -0.15) is 0 Å². The van der Waals surface area contributed by atoms with Crippen molar-refractivity contribution in [1.29, 1.82) is 0 Å². The molecule has 0 saturated carbocycles. The lowest BCUT2D eigenvalue weighted by atomic mass is 9.86. The first kappa shape index (κ1) is 71.6. The molecule has 25 nitrogen and oxygen atoms in total. The van der Waals surface area contributed by atoms with E-state index in [1.807, 2.05) is 0 Å². The SMILES string of the molecule is CSC(NC(=O)COCCOCCOCCOc1c(F)cc(N2C(=O)C(Sc3ccc(C(=O)N4CCOCC4)cc3)=C(Sc3ccc(C(=O)N4CCOCC4)cc3)C2=O)cc1F)C(=O)NC(C)C(=O)Nc1c(F)cc2nc3c(c4c2c1CCC4)Cn1c-3cc(C(C)O)c(COC=O)c1=O. The van der Waals surface area contributed by atoms with Gasteiger partial charge in [0.2, 0.25) is 11.8 Å². The van der Waals surface area contributed by atoms with Crippen LogP contribution < -0.4 is 31.1 Å². The average molecular weight is 1420 g/mol. The van der Waals surface area contributed by atoms with Crippen LogP contribution in [0.4, 0.5) is 24.5 Å². The number of aliphatic hydroxyl groups is 1. The first-order chi connectivity index (χ1) is 47.8. The molecule has 2 fully saturated rings. The van der Waals surface area contributed by atoms with Crippen LogP contribution in [0.25, 0.3) is 22.3 Å². The third-order valence-corrected chi connectivity index (χ3v) is 20.0. The van der Waals surface area contributed by atoms with Gasteiger partial charge >= 0.3 is 0 Å². The lowest BCUT2D eigenvalue weighted by molar-refractivity contribution is -0.131. The van der Waals surface area contributed by atoms with Crippen LogP contribution in [-0.2, 0) is 83.2 Å². The van der Waals surface area contributed by atoms with Gasteiger partial charge in [-0.3, -0.25) is 43.2 Å². The molecule has 0 radical (unpaired) electrons. The molecule has 522 valence electrons. The maximum absolute atomic E-state index is 16.1. The number of morpholine rings is 2. The van der Waals surface area contributed by atoms with E-state index in [-0.39, 0.29) is 97.7 Å². The summed E-state index contributed by atoms with van der Waals surface area (Å²) in [6, 6.07) is 16.3. The number of fused-ring (bicyclic) bond motifs is 4. The van der Waals surface area contributed by atoms with E-state index in [0.717, 1.165) is 58.5 Å². The first-order valence-corrected chi connectivity index (χ1v) is 34.6. The first-order valence-electron chi connectivity index (χ1n) is 31.7. The van der Waals surface area contributed by atoms with Crippen LogP contribution in [-0.4, -0.2) is 189 Å². The topological polar surface area (TPSA) is 302 Å². The number of hydrogen-bond donors (Lipinski definition) is 4. The fourth-order valence-electron chi connectivity index (χ4n) is 11.9. The number of carbonyl (C=O) groups excluding carboxylic acids is 8. The monoisotopic (exact) mass is 1420 g/mol. The summed E-state index contributed by atoms with van der Waals surface area (Å²) in [5.41, 5.74) is 3.57. The summed E-state index contributed by atoms with van der Waals surface area (Å²) in [7, 11) is 0. The predicted octanol–water partition coefficient (Wildman–Crippen LogP) is 6.05. The number of aryl methyl sites for hydroxylation is 2. The van der Waals surface area contributed by atoms with Crippen molar-refractivity contribution in [1.82, 2.24) is 30.0 Å². The molecule has 4 aromatic carbocycles. The second-order valence-electron chi connectivity index (χ2n) is 23.2. The molecule has 2 aromatic heterocycles. The Bertz CT molecular complexity index is 4110. The van der Waals surface area contributed by atoms with E-state index in [1.165, 1.54) is 24.5 Å². The summed E-state index contributed by atoms with van der Waals surface area (Å²) in [5, 5.41) is 17.8. The maximum Gasteiger partial charge on any atom is 0.293 e. The van der Waals surface area contributed by atoms with Crippen molar-refractivity contribution in [2.45, 2.75) is 73.6 Å². The predicted molar refractivity (Wildman–Crippen MR) is 358 cm³/mol. The molecule has 4 aliphatic heterocycles. The van der Waals surface area contributed by atoms with Crippen molar-refractivity contribution in [3.05, 3.63) is 149 Å². The van der Waals surface area contributed by atoms with Gasteiger partial charge in [0.05, 0.1) is 116 Å². The molecule has 6 heterocycles. The van der Waals surface area contributed by atoms with Crippen LogP contribution >= 0.6 is 35.3 Å². The van der Waals surface area contributed by atoms with E-state index in [0.29, 0.717) is 126 Å². The van der Waals surface area contributed by atoms with Crippen LogP contribution in [0.2, 0.25) is 0 Å². The number of nitrogens with one attached hydrogen (secondary N) is 3. The van der Waals surface area contributed by atoms with E-state index < -0.39 is 88.1 Å². The minimum atomic E-state index is -1.20. The van der Waals surface area contributed by atoms with Gasteiger partial charge in [0.25, 0.3) is 41.6 Å². The minimum absolute atomic E-state index is 0.0323. The molecule has 6 aromatic rings. The molecule has 3 atom stereocenters. The Morgan fingerprint density at radius 2 is 1.25 bits per heavy atom. The second kappa shape index (κ2) is 32.6. The van der Waals surface area contributed by atoms with Gasteiger partial charge in [0.1, 0.15) is 31.7 Å². The summed E-state index contributed by atoms with van der Waals surface area (Å²) in [6.45, 7) is 5.56. The maximum atomic E-state index is 16.1. The van der Waals surface area contributed by atoms with Crippen LogP contribution in [0.15, 0.2) is 97.2 Å². The molecule has 5 aliphatic rings. The van der Waals surface area contributed by atoms with Gasteiger partial charge in [0, 0.05) is 76.2 Å². The Morgan fingerprint density at radius 3 is 1.81 bits per heavy atom. The highest BCUT2D eigenvalue weighted by atomic mass is 32.2. The van der Waals surface area contributed by atoms with Crippen molar-refractivity contribution in [2.24, 2.45) is 0 Å². The third kappa shape index (κ3) is 16.2. The number of benzene rings is 4. The zero-order valence-electron chi connectivity index (χ0n) is 54.0. The molecule has 4 N–H and O–H groups in total. The fraction of sp³-hybridized carbons (Fsp3) is 0.382. The Hall–Kier alpha value is -8.66. The molecular weight excluding hydrogens is 1350 g/mol. The van der Waals surface area contributed by atoms with Gasteiger partial charge in [-0.15, -0.1) is 11.8 Å². The van der Waals surface area contributed by atoms with Crippen molar-refractivity contribution in [3.63, 3.8) is 0 Å². The molecule has 0 spiro atoms. The van der Waals surface area contributed by atoms with Gasteiger partial charge < -0.3 is 68.6 Å². The highest BCUT2D eigenvalue weighted by Gasteiger charge is 2.42. The number of halogens is 3. The summed E-state index contributed by atoms with van der Waals surface area (Å²) in [4.78, 5) is 129. The Morgan fingerprint density at radius 1 is 0.697 bits per heavy atom. The van der Waals surface area contributed by atoms with E-state index >= 15 is 13.2 Å². The number of ether oxygens (including phenoxy) is 7. The number of thioether (sulfide) groups is 3. The minimum Gasteiger partial charge on any atom is -0.485 e. The molecule has 11 rings (SSSR count). The molecule has 99 heavy (non-hydrogen) atoms. The van der Waals surface area contributed by atoms with Crippen molar-refractivity contribution < 1.29 is 89.8 Å². The molecule has 31 heteroatoms. The largest absolute Gasteiger partial charge is 0.485 e. The summed E-state index contributed by atoms with van der Waals surface area (Å²) in [6.07, 6.45) is 2.05. The van der Waals surface area contributed by atoms with E-state index in [4.69, 9.17) is 38.1 Å². The van der Waals surface area contributed by atoms with E-state index in [9.17, 15) is 48.3 Å². The van der Waals surface area contributed by atoms with Gasteiger partial charge in [-0.05, 0) is 111 Å². The van der Waals surface area contributed by atoms with E-state index in [2.05, 4.69) is 16.0 Å². The lowest BCUT2D eigenvalue weighted by Gasteiger charge is -2.26. The van der Waals surface area contributed by atoms with Gasteiger partial charge in [-0.25, -0.2) is 23.1 Å². The third-order valence-electron chi connectivity index (χ3n) is 16.8. The zero-order chi connectivity index (χ0) is 70.0. The summed E-state index contributed by atoms with van der Waals surface area (Å²) < 4.78 is 86.6. The summed E-state index contributed by atoms with van der Waals surface area (Å²) in [5.74, 6) is -8.11. The van der Waals surface area contributed by atoms with Crippen LogP contribution in [0.3, 0.4) is 0 Å². The fourth-order valence-corrected chi connectivity index (χ4v) is 14.4. The number of rotatable bonds is 29.